The molecule has 2 aliphatic heterocycles. The van der Waals surface area contributed by atoms with Gasteiger partial charge in [-0.1, -0.05) is 0 Å². The first-order valence-corrected chi connectivity index (χ1v) is 9.49. The molecule has 0 bridgehead atoms. The molecule has 1 aromatic rings. The lowest BCUT2D eigenvalue weighted by molar-refractivity contribution is 0.0705. The van der Waals surface area contributed by atoms with Gasteiger partial charge in [-0.15, -0.1) is 0 Å². The molecule has 3 heterocycles. The number of rotatable bonds is 6. The SMILES string of the molecule is CC(NC(=O)c1nn(C)c(C(=O)NC(C)C2CCCO2)c1O)C1CCCO1. The van der Waals surface area contributed by atoms with Crippen LogP contribution in [0.2, 0.25) is 0 Å². The molecule has 2 fully saturated rings. The summed E-state index contributed by atoms with van der Waals surface area (Å²) < 4.78 is 12.4. The van der Waals surface area contributed by atoms with Crippen LogP contribution in [0.25, 0.3) is 0 Å². The smallest absolute Gasteiger partial charge is 0.275 e. The Morgan fingerprint density at radius 3 is 2.07 bits per heavy atom. The molecular formula is C18H28N4O5. The Balaban J connectivity index is 1.67. The number of hydrogen-bond acceptors (Lipinski definition) is 6. The average molecular weight is 380 g/mol. The van der Waals surface area contributed by atoms with Crippen LogP contribution in [0.5, 0.6) is 5.75 Å². The zero-order valence-corrected chi connectivity index (χ0v) is 16.0. The molecule has 3 rings (SSSR count). The molecule has 2 aliphatic rings. The maximum atomic E-state index is 12.6. The number of carbonyl (C=O) groups excluding carboxylic acids is 2. The molecule has 0 aromatic carbocycles. The highest BCUT2D eigenvalue weighted by Crippen LogP contribution is 2.23. The second-order valence-electron chi connectivity index (χ2n) is 7.30. The van der Waals surface area contributed by atoms with Crippen LogP contribution in [0.1, 0.15) is 60.5 Å². The molecule has 9 nitrogen and oxygen atoms in total. The Hall–Kier alpha value is -2.13. The highest BCUT2D eigenvalue weighted by molar-refractivity contribution is 6.02. The van der Waals surface area contributed by atoms with E-state index in [0.29, 0.717) is 13.2 Å². The number of aromatic hydroxyl groups is 1. The number of aryl methyl sites for hydroxylation is 1. The fourth-order valence-corrected chi connectivity index (χ4v) is 3.65. The van der Waals surface area contributed by atoms with E-state index in [9.17, 15) is 14.7 Å². The van der Waals surface area contributed by atoms with Crippen molar-refractivity contribution in [3.8, 4) is 5.75 Å². The van der Waals surface area contributed by atoms with E-state index in [4.69, 9.17) is 9.47 Å². The Morgan fingerprint density at radius 2 is 1.59 bits per heavy atom. The normalized spacial score (nSPS) is 24.6. The van der Waals surface area contributed by atoms with Gasteiger partial charge in [0.15, 0.2) is 17.1 Å². The molecule has 9 heteroatoms. The third-order valence-corrected chi connectivity index (χ3v) is 5.22. The molecule has 2 amide bonds. The van der Waals surface area contributed by atoms with Gasteiger partial charge >= 0.3 is 0 Å². The second-order valence-corrected chi connectivity index (χ2v) is 7.30. The number of carbonyl (C=O) groups is 2. The van der Waals surface area contributed by atoms with Gasteiger partial charge in [0, 0.05) is 20.3 Å². The first-order chi connectivity index (χ1) is 12.9. The minimum absolute atomic E-state index is 0.0423. The maximum Gasteiger partial charge on any atom is 0.275 e. The number of ether oxygens (including phenoxy) is 2. The lowest BCUT2D eigenvalue weighted by Crippen LogP contribution is -2.41. The van der Waals surface area contributed by atoms with Crippen molar-refractivity contribution in [2.45, 2.75) is 63.8 Å². The second kappa shape index (κ2) is 8.26. The summed E-state index contributed by atoms with van der Waals surface area (Å²) in [5, 5.41) is 20.1. The number of aromatic nitrogens is 2. The van der Waals surface area contributed by atoms with Crippen LogP contribution in [-0.4, -0.2) is 64.2 Å². The van der Waals surface area contributed by atoms with Crippen molar-refractivity contribution >= 4 is 11.8 Å². The van der Waals surface area contributed by atoms with Crippen LogP contribution in [-0.2, 0) is 16.5 Å². The Kier molecular flexibility index (Phi) is 6.01. The molecule has 150 valence electrons. The minimum Gasteiger partial charge on any atom is -0.504 e. The van der Waals surface area contributed by atoms with Gasteiger partial charge < -0.3 is 25.2 Å². The van der Waals surface area contributed by atoms with Crippen LogP contribution in [0.3, 0.4) is 0 Å². The quantitative estimate of drug-likeness (QED) is 0.670. The average Bonchev–Trinajstić information content (AvgIpc) is 3.36. The summed E-state index contributed by atoms with van der Waals surface area (Å²) in [7, 11) is 1.52. The molecular weight excluding hydrogens is 352 g/mol. The summed E-state index contributed by atoms with van der Waals surface area (Å²) in [5.41, 5.74) is -0.216. The van der Waals surface area contributed by atoms with Crippen molar-refractivity contribution in [2.75, 3.05) is 13.2 Å². The lowest BCUT2D eigenvalue weighted by atomic mass is 10.1. The van der Waals surface area contributed by atoms with Crippen LogP contribution in [0.4, 0.5) is 0 Å². The summed E-state index contributed by atoms with van der Waals surface area (Å²) in [6, 6.07) is -0.413. The Labute approximate surface area is 158 Å². The van der Waals surface area contributed by atoms with Crippen LogP contribution >= 0.6 is 0 Å². The monoisotopic (exact) mass is 380 g/mol. The van der Waals surface area contributed by atoms with Gasteiger partial charge in [0.05, 0.1) is 24.3 Å². The van der Waals surface area contributed by atoms with Crippen molar-refractivity contribution in [1.82, 2.24) is 20.4 Å². The van der Waals surface area contributed by atoms with Gasteiger partial charge in [0.2, 0.25) is 0 Å². The van der Waals surface area contributed by atoms with Gasteiger partial charge in [0.1, 0.15) is 0 Å². The van der Waals surface area contributed by atoms with Crippen molar-refractivity contribution in [1.29, 1.82) is 0 Å². The fraction of sp³-hybridized carbons (Fsp3) is 0.722. The largest absolute Gasteiger partial charge is 0.504 e. The number of hydrogen-bond donors (Lipinski definition) is 3. The molecule has 2 saturated heterocycles. The number of amides is 2. The molecule has 0 spiro atoms. The van der Waals surface area contributed by atoms with Gasteiger partial charge in [-0.05, 0) is 39.5 Å². The molecule has 0 aliphatic carbocycles. The molecule has 0 saturated carbocycles. The van der Waals surface area contributed by atoms with E-state index in [1.165, 1.54) is 11.7 Å². The minimum atomic E-state index is -0.530. The standard InChI is InChI=1S/C18H28N4O5/c1-10(12-6-4-8-26-12)19-17(24)14-16(23)15(22(3)21-14)18(25)20-11(2)13-7-5-9-27-13/h10-13,23H,4-9H2,1-3H3,(H,19,24)(H,20,25). The van der Waals surface area contributed by atoms with Crippen molar-refractivity contribution < 1.29 is 24.2 Å². The lowest BCUT2D eigenvalue weighted by Gasteiger charge is -2.20. The highest BCUT2D eigenvalue weighted by atomic mass is 16.5. The molecule has 4 atom stereocenters. The summed E-state index contributed by atoms with van der Waals surface area (Å²) >= 11 is 0. The summed E-state index contributed by atoms with van der Waals surface area (Å²) in [6.07, 6.45) is 3.61. The van der Waals surface area contributed by atoms with Crippen LogP contribution in [0.15, 0.2) is 0 Å². The highest BCUT2D eigenvalue weighted by Gasteiger charge is 2.31. The number of nitrogens with one attached hydrogen (secondary N) is 2. The van der Waals surface area contributed by atoms with Gasteiger partial charge in [0.25, 0.3) is 11.8 Å². The van der Waals surface area contributed by atoms with Crippen molar-refractivity contribution in [2.24, 2.45) is 7.05 Å². The summed E-state index contributed by atoms with van der Waals surface area (Å²) in [4.78, 5) is 25.1. The van der Waals surface area contributed by atoms with Gasteiger partial charge in [-0.3, -0.25) is 14.3 Å². The van der Waals surface area contributed by atoms with Crippen molar-refractivity contribution in [3.63, 3.8) is 0 Å². The van der Waals surface area contributed by atoms with Gasteiger partial charge in [-0.2, -0.15) is 5.10 Å². The van der Waals surface area contributed by atoms with E-state index in [1.54, 1.807) is 0 Å². The molecule has 3 N–H and O–H groups in total. The fourth-order valence-electron chi connectivity index (χ4n) is 3.65. The third-order valence-electron chi connectivity index (χ3n) is 5.22. The van der Waals surface area contributed by atoms with Crippen molar-refractivity contribution in [3.05, 3.63) is 11.4 Å². The van der Waals surface area contributed by atoms with E-state index in [1.807, 2.05) is 13.8 Å². The third kappa shape index (κ3) is 4.24. The van der Waals surface area contributed by atoms with Gasteiger partial charge in [-0.25, -0.2) is 0 Å². The topological polar surface area (TPSA) is 115 Å². The Bertz CT molecular complexity index is 692. The van der Waals surface area contributed by atoms with E-state index < -0.39 is 17.6 Å². The van der Waals surface area contributed by atoms with E-state index in [2.05, 4.69) is 15.7 Å². The zero-order chi connectivity index (χ0) is 19.6. The molecule has 4 unspecified atom stereocenters. The first-order valence-electron chi connectivity index (χ1n) is 9.49. The molecule has 27 heavy (non-hydrogen) atoms. The zero-order valence-electron chi connectivity index (χ0n) is 16.0. The Morgan fingerprint density at radius 1 is 1.07 bits per heavy atom. The predicted molar refractivity (Wildman–Crippen MR) is 96.7 cm³/mol. The van der Waals surface area contributed by atoms with E-state index >= 15 is 0 Å². The van der Waals surface area contributed by atoms with Crippen LogP contribution in [0, 0.1) is 0 Å². The predicted octanol–water partition coefficient (Wildman–Crippen LogP) is 0.720. The molecule has 1 aromatic heterocycles. The van der Waals surface area contributed by atoms with E-state index in [0.717, 1.165) is 25.7 Å². The molecule has 0 radical (unpaired) electrons. The summed E-state index contributed by atoms with van der Waals surface area (Å²) in [5.74, 6) is -1.44. The van der Waals surface area contributed by atoms with E-state index in [-0.39, 0.29) is 35.7 Å². The summed E-state index contributed by atoms with van der Waals surface area (Å²) in [6.45, 7) is 5.09. The maximum absolute atomic E-state index is 12.6. The first kappa shape index (κ1) is 19.6. The number of nitrogens with zero attached hydrogens (tertiary/aromatic N) is 2. The van der Waals surface area contributed by atoms with Crippen LogP contribution < -0.4 is 10.6 Å².